The van der Waals surface area contributed by atoms with E-state index in [0.29, 0.717) is 38.7 Å². The first kappa shape index (κ1) is 26.9. The molecule has 2 aromatic carbocycles. The molecule has 1 amide bonds. The van der Waals surface area contributed by atoms with Gasteiger partial charge in [-0.05, 0) is 48.4 Å². The van der Waals surface area contributed by atoms with E-state index in [-0.39, 0.29) is 22.9 Å². The van der Waals surface area contributed by atoms with Crippen LogP contribution in [-0.2, 0) is 6.54 Å². The van der Waals surface area contributed by atoms with E-state index in [1.807, 2.05) is 13.8 Å². The molecule has 3 aromatic heterocycles. The maximum absolute atomic E-state index is 13.3. The molecule has 0 unspecified atom stereocenters. The van der Waals surface area contributed by atoms with Gasteiger partial charge in [0.2, 0.25) is 0 Å². The number of halogens is 3. The van der Waals surface area contributed by atoms with Crippen molar-refractivity contribution < 1.29 is 13.6 Å². The van der Waals surface area contributed by atoms with Crippen molar-refractivity contribution in [2.45, 2.75) is 32.7 Å². The lowest BCUT2D eigenvalue weighted by Crippen LogP contribution is -2.31. The van der Waals surface area contributed by atoms with Gasteiger partial charge in [0.15, 0.2) is 5.65 Å². The van der Waals surface area contributed by atoms with Gasteiger partial charge in [0, 0.05) is 16.3 Å². The minimum atomic E-state index is -2.64. The Kier molecular flexibility index (Phi) is 7.26. The first-order chi connectivity index (χ1) is 19.1. The van der Waals surface area contributed by atoms with Crippen LogP contribution in [0.4, 0.5) is 20.3 Å². The van der Waals surface area contributed by atoms with E-state index in [0.717, 1.165) is 4.68 Å². The van der Waals surface area contributed by atoms with Gasteiger partial charge in [-0.15, -0.1) is 0 Å². The number of carbonyl (C=O) groups excluding carboxylic acids is 1. The molecular weight excluding hydrogens is 542 g/mol. The Balaban J connectivity index is 1.47. The van der Waals surface area contributed by atoms with Gasteiger partial charge >= 0.3 is 0 Å². The average molecular weight is 565 g/mol. The molecule has 0 radical (unpaired) electrons. The van der Waals surface area contributed by atoms with Gasteiger partial charge in [0.05, 0.1) is 16.8 Å². The lowest BCUT2D eigenvalue weighted by molar-refractivity contribution is 0.102. The summed E-state index contributed by atoms with van der Waals surface area (Å²) >= 11 is 5.98. The molecule has 0 saturated heterocycles. The first-order valence-electron chi connectivity index (χ1n) is 12.2. The topological polar surface area (TPSA) is 134 Å². The molecule has 0 atom stereocenters. The van der Waals surface area contributed by atoms with Crippen molar-refractivity contribution in [2.24, 2.45) is 0 Å². The van der Waals surface area contributed by atoms with Crippen LogP contribution in [0.3, 0.4) is 0 Å². The SMILES string of the molecule is CC(C)c1cc(C(=O)Nc2ccc(-c3nn(CC(F)F)c4ncnc(N)c34)cc2)c(=O)n(-c2ccc(Cl)cc2)n1. The molecule has 0 aliphatic rings. The Bertz CT molecular complexity index is 1770. The normalized spacial score (nSPS) is 11.5. The molecule has 0 saturated carbocycles. The minimum Gasteiger partial charge on any atom is -0.383 e. The largest absolute Gasteiger partial charge is 0.383 e. The van der Waals surface area contributed by atoms with Crippen LogP contribution >= 0.6 is 11.6 Å². The van der Waals surface area contributed by atoms with Gasteiger partial charge in [0.25, 0.3) is 17.9 Å². The fourth-order valence-corrected chi connectivity index (χ4v) is 4.24. The lowest BCUT2D eigenvalue weighted by Gasteiger charge is -2.13. The number of nitrogens with zero attached hydrogens (tertiary/aromatic N) is 6. The van der Waals surface area contributed by atoms with E-state index >= 15 is 0 Å². The average Bonchev–Trinajstić information content (AvgIpc) is 3.28. The predicted octanol–water partition coefficient (Wildman–Crippen LogP) is 4.92. The van der Waals surface area contributed by atoms with Gasteiger partial charge in [-0.3, -0.25) is 9.59 Å². The molecule has 0 aliphatic heterocycles. The highest BCUT2D eigenvalue weighted by Gasteiger charge is 2.21. The van der Waals surface area contributed by atoms with E-state index < -0.39 is 24.4 Å². The second-order valence-electron chi connectivity index (χ2n) is 9.24. The molecule has 3 N–H and O–H groups in total. The summed E-state index contributed by atoms with van der Waals surface area (Å²) in [5.74, 6) is -0.566. The van der Waals surface area contributed by atoms with Crippen molar-refractivity contribution in [2.75, 3.05) is 11.1 Å². The Hall–Kier alpha value is -4.71. The van der Waals surface area contributed by atoms with Crippen LogP contribution in [0, 0.1) is 0 Å². The highest BCUT2D eigenvalue weighted by molar-refractivity contribution is 6.30. The Labute approximate surface area is 231 Å². The molecule has 0 bridgehead atoms. The summed E-state index contributed by atoms with van der Waals surface area (Å²) in [7, 11) is 0. The van der Waals surface area contributed by atoms with Gasteiger partial charge < -0.3 is 11.1 Å². The number of rotatable bonds is 7. The number of aromatic nitrogens is 6. The zero-order chi connectivity index (χ0) is 28.6. The molecule has 0 fully saturated rings. The predicted molar refractivity (Wildman–Crippen MR) is 148 cm³/mol. The standard InChI is InChI=1S/C27H23ClF2N8O2/c1-14(2)20-11-19(27(40)38(35-20)18-9-5-16(28)6-10-18)26(39)34-17-7-3-15(4-8-17)23-22-24(31)32-13-33-25(22)37(36-23)12-21(29)30/h3-11,13-14,21H,12H2,1-2H3,(H,34,39)(H2,31,32,33). The van der Waals surface area contributed by atoms with Crippen molar-refractivity contribution in [3.05, 3.63) is 87.6 Å². The third kappa shape index (κ3) is 5.25. The third-order valence-corrected chi connectivity index (χ3v) is 6.38. The monoisotopic (exact) mass is 564 g/mol. The number of nitrogens with two attached hydrogens (primary N) is 1. The molecule has 0 spiro atoms. The number of nitrogen functional groups attached to an aromatic ring is 1. The van der Waals surface area contributed by atoms with E-state index in [2.05, 4.69) is 25.5 Å². The summed E-state index contributed by atoms with van der Waals surface area (Å²) in [5.41, 5.74) is 7.83. The Morgan fingerprint density at radius 2 is 1.75 bits per heavy atom. The summed E-state index contributed by atoms with van der Waals surface area (Å²) in [4.78, 5) is 34.5. The van der Waals surface area contributed by atoms with Gasteiger partial charge in [0.1, 0.15) is 29.9 Å². The first-order valence-corrected chi connectivity index (χ1v) is 12.6. The van der Waals surface area contributed by atoms with Gasteiger partial charge in [-0.2, -0.15) is 14.9 Å². The highest BCUT2D eigenvalue weighted by atomic mass is 35.5. The molecule has 40 heavy (non-hydrogen) atoms. The number of hydrogen-bond acceptors (Lipinski definition) is 7. The van der Waals surface area contributed by atoms with Crippen molar-refractivity contribution in [3.8, 4) is 16.9 Å². The number of hydrogen-bond donors (Lipinski definition) is 2. The van der Waals surface area contributed by atoms with E-state index in [4.69, 9.17) is 17.3 Å². The minimum absolute atomic E-state index is 0.0545. The van der Waals surface area contributed by atoms with Crippen LogP contribution in [-0.4, -0.2) is 41.9 Å². The number of alkyl halides is 2. The number of carbonyl (C=O) groups is 1. The second kappa shape index (κ2) is 10.8. The van der Waals surface area contributed by atoms with Gasteiger partial charge in [-0.25, -0.2) is 23.4 Å². The van der Waals surface area contributed by atoms with Crippen molar-refractivity contribution >= 4 is 40.0 Å². The number of anilines is 2. The maximum Gasteiger partial charge on any atom is 0.284 e. The van der Waals surface area contributed by atoms with Crippen LogP contribution in [0.2, 0.25) is 5.02 Å². The van der Waals surface area contributed by atoms with Crippen molar-refractivity contribution in [1.29, 1.82) is 0 Å². The summed E-state index contributed by atoms with van der Waals surface area (Å²) in [6, 6.07) is 14.5. The molecule has 0 aliphatic carbocycles. The zero-order valence-electron chi connectivity index (χ0n) is 21.3. The van der Waals surface area contributed by atoms with E-state index in [1.54, 1.807) is 48.5 Å². The summed E-state index contributed by atoms with van der Waals surface area (Å²) < 4.78 is 28.5. The van der Waals surface area contributed by atoms with E-state index in [1.165, 1.54) is 17.1 Å². The molecule has 10 nitrogen and oxygen atoms in total. The molecular formula is C27H23ClF2N8O2. The van der Waals surface area contributed by atoms with Crippen LogP contribution < -0.4 is 16.6 Å². The van der Waals surface area contributed by atoms with Crippen LogP contribution in [0.25, 0.3) is 28.0 Å². The molecule has 204 valence electrons. The van der Waals surface area contributed by atoms with E-state index in [9.17, 15) is 18.4 Å². The number of amides is 1. The van der Waals surface area contributed by atoms with Crippen molar-refractivity contribution in [1.82, 2.24) is 29.5 Å². The zero-order valence-corrected chi connectivity index (χ0v) is 22.1. The van der Waals surface area contributed by atoms with Crippen LogP contribution in [0.15, 0.2) is 65.7 Å². The fourth-order valence-electron chi connectivity index (χ4n) is 4.12. The molecule has 5 rings (SSSR count). The van der Waals surface area contributed by atoms with Crippen LogP contribution in [0.1, 0.15) is 35.8 Å². The summed E-state index contributed by atoms with van der Waals surface area (Å²) in [6.45, 7) is 3.16. The maximum atomic E-state index is 13.3. The number of nitrogens with one attached hydrogen (secondary N) is 1. The Morgan fingerprint density at radius 3 is 2.40 bits per heavy atom. The third-order valence-electron chi connectivity index (χ3n) is 6.12. The highest BCUT2D eigenvalue weighted by Crippen LogP contribution is 2.31. The molecule has 5 aromatic rings. The van der Waals surface area contributed by atoms with Gasteiger partial charge in [-0.1, -0.05) is 37.6 Å². The molecule has 3 heterocycles. The second-order valence-corrected chi connectivity index (χ2v) is 9.68. The molecule has 13 heteroatoms. The number of benzene rings is 2. The summed E-state index contributed by atoms with van der Waals surface area (Å²) in [6.07, 6.45) is -1.45. The number of fused-ring (bicyclic) bond motifs is 1. The smallest absolute Gasteiger partial charge is 0.284 e. The van der Waals surface area contributed by atoms with Crippen molar-refractivity contribution in [3.63, 3.8) is 0 Å². The Morgan fingerprint density at radius 1 is 1.05 bits per heavy atom. The quantitative estimate of drug-likeness (QED) is 0.287. The fraction of sp³-hybridized carbons (Fsp3) is 0.185. The summed E-state index contributed by atoms with van der Waals surface area (Å²) in [5, 5.41) is 12.3. The lowest BCUT2D eigenvalue weighted by atomic mass is 10.1. The van der Waals surface area contributed by atoms with Crippen LogP contribution in [0.5, 0.6) is 0 Å².